The van der Waals surface area contributed by atoms with Gasteiger partial charge in [-0.1, -0.05) is 23.7 Å². The third-order valence-electron chi connectivity index (χ3n) is 4.53. The monoisotopic (exact) mass is 419 g/mol. The number of nitro groups is 1. The fraction of sp³-hybridized carbons (Fsp3) is 0.350. The summed E-state index contributed by atoms with van der Waals surface area (Å²) >= 11 is 5.88. The summed E-state index contributed by atoms with van der Waals surface area (Å²) in [5.41, 5.74) is 0.472. The van der Waals surface area contributed by atoms with Gasteiger partial charge in [-0.25, -0.2) is 0 Å². The Morgan fingerprint density at radius 3 is 2.79 bits per heavy atom. The van der Waals surface area contributed by atoms with Crippen LogP contribution in [0.3, 0.4) is 0 Å². The summed E-state index contributed by atoms with van der Waals surface area (Å²) in [6.45, 7) is 4.91. The number of hydrogen-bond acceptors (Lipinski definition) is 6. The van der Waals surface area contributed by atoms with Gasteiger partial charge in [0.15, 0.2) is 0 Å². The zero-order valence-corrected chi connectivity index (χ0v) is 16.6. The number of amides is 1. The van der Waals surface area contributed by atoms with Crippen LogP contribution in [0.2, 0.25) is 5.02 Å². The Morgan fingerprint density at radius 2 is 2.03 bits per heavy atom. The van der Waals surface area contributed by atoms with Gasteiger partial charge >= 0.3 is 0 Å². The van der Waals surface area contributed by atoms with E-state index < -0.39 is 10.8 Å². The van der Waals surface area contributed by atoms with Crippen LogP contribution in [-0.2, 0) is 11.3 Å². The zero-order chi connectivity index (χ0) is 20.6. The Balaban J connectivity index is 1.54. The van der Waals surface area contributed by atoms with Crippen LogP contribution in [0.1, 0.15) is 15.9 Å². The Hall–Kier alpha value is -2.68. The van der Waals surface area contributed by atoms with Crippen molar-refractivity contribution in [1.29, 1.82) is 0 Å². The molecule has 1 aliphatic rings. The lowest BCUT2D eigenvalue weighted by Gasteiger charge is -2.26. The van der Waals surface area contributed by atoms with E-state index in [4.69, 9.17) is 21.1 Å². The van der Waals surface area contributed by atoms with Gasteiger partial charge in [-0.05, 0) is 29.8 Å². The van der Waals surface area contributed by atoms with Crippen LogP contribution >= 0.6 is 11.6 Å². The Kier molecular flexibility index (Phi) is 7.40. The average molecular weight is 420 g/mol. The fourth-order valence-electron chi connectivity index (χ4n) is 2.99. The lowest BCUT2D eigenvalue weighted by Crippen LogP contribution is -2.38. The highest BCUT2D eigenvalue weighted by Gasteiger charge is 2.20. The molecule has 1 saturated heterocycles. The zero-order valence-electron chi connectivity index (χ0n) is 15.8. The van der Waals surface area contributed by atoms with Gasteiger partial charge in [-0.2, -0.15) is 0 Å². The molecule has 29 heavy (non-hydrogen) atoms. The summed E-state index contributed by atoms with van der Waals surface area (Å²) in [4.78, 5) is 25.2. The number of morpholine rings is 1. The molecule has 0 aliphatic carbocycles. The molecule has 0 unspecified atom stereocenters. The lowest BCUT2D eigenvalue weighted by molar-refractivity contribution is -0.385. The van der Waals surface area contributed by atoms with Crippen molar-refractivity contribution < 1.29 is 19.2 Å². The number of halogens is 1. The van der Waals surface area contributed by atoms with E-state index in [-0.39, 0.29) is 22.8 Å². The second kappa shape index (κ2) is 10.2. The van der Waals surface area contributed by atoms with Gasteiger partial charge in [0.2, 0.25) is 0 Å². The second-order valence-corrected chi connectivity index (χ2v) is 6.99. The van der Waals surface area contributed by atoms with Crippen LogP contribution in [-0.4, -0.2) is 55.2 Å². The molecule has 0 radical (unpaired) electrons. The van der Waals surface area contributed by atoms with E-state index >= 15 is 0 Å². The Bertz CT molecular complexity index is 871. The topological polar surface area (TPSA) is 93.9 Å². The molecule has 0 spiro atoms. The molecular weight excluding hydrogens is 398 g/mol. The molecule has 1 amide bonds. The number of nitrogens with zero attached hydrogens (tertiary/aromatic N) is 2. The highest BCUT2D eigenvalue weighted by atomic mass is 35.5. The predicted octanol–water partition coefficient (Wildman–Crippen LogP) is 2.89. The molecule has 2 aromatic carbocycles. The molecule has 1 heterocycles. The van der Waals surface area contributed by atoms with Crippen molar-refractivity contribution in [3.8, 4) is 5.75 Å². The lowest BCUT2D eigenvalue weighted by atomic mass is 10.1. The highest BCUT2D eigenvalue weighted by molar-refractivity contribution is 6.31. The molecule has 0 bridgehead atoms. The maximum Gasteiger partial charge on any atom is 0.282 e. The first-order valence-electron chi connectivity index (χ1n) is 9.27. The van der Waals surface area contributed by atoms with E-state index in [2.05, 4.69) is 10.2 Å². The van der Waals surface area contributed by atoms with Gasteiger partial charge < -0.3 is 14.8 Å². The number of nitro benzene ring substituents is 1. The second-order valence-electron chi connectivity index (χ2n) is 6.55. The molecule has 0 atom stereocenters. The third-order valence-corrected chi connectivity index (χ3v) is 4.77. The minimum absolute atomic E-state index is 0.0691. The standard InChI is InChI=1S/C20H22ClN3O5/c21-16-4-5-19(24(26)27)18(13-16)20(25)22-14-15-2-1-3-17(12-15)29-11-8-23-6-9-28-10-7-23/h1-5,12-13H,6-11,14H2,(H,22,25). The first-order valence-corrected chi connectivity index (χ1v) is 9.65. The van der Waals surface area contributed by atoms with E-state index in [9.17, 15) is 14.9 Å². The normalized spacial score (nSPS) is 14.4. The quantitative estimate of drug-likeness (QED) is 0.522. The third kappa shape index (κ3) is 6.15. The van der Waals surface area contributed by atoms with E-state index in [1.165, 1.54) is 18.2 Å². The van der Waals surface area contributed by atoms with Crippen molar-refractivity contribution in [3.63, 3.8) is 0 Å². The molecular formula is C20H22ClN3O5. The first kappa shape index (κ1) is 21.0. The van der Waals surface area contributed by atoms with Crippen LogP contribution in [0.5, 0.6) is 5.75 Å². The minimum Gasteiger partial charge on any atom is -0.492 e. The van der Waals surface area contributed by atoms with Gasteiger partial charge in [0, 0.05) is 37.3 Å². The molecule has 8 nitrogen and oxygen atoms in total. The van der Waals surface area contributed by atoms with Crippen molar-refractivity contribution in [2.45, 2.75) is 6.54 Å². The predicted molar refractivity (Wildman–Crippen MR) is 108 cm³/mol. The Labute approximate surface area is 173 Å². The molecule has 9 heteroatoms. The van der Waals surface area contributed by atoms with Crippen LogP contribution in [0.15, 0.2) is 42.5 Å². The number of carbonyl (C=O) groups excluding carboxylic acids is 1. The minimum atomic E-state index is -0.603. The molecule has 0 saturated carbocycles. The fourth-order valence-corrected chi connectivity index (χ4v) is 3.16. The van der Waals surface area contributed by atoms with Gasteiger partial charge in [-0.3, -0.25) is 19.8 Å². The largest absolute Gasteiger partial charge is 0.492 e. The summed E-state index contributed by atoms with van der Waals surface area (Å²) < 4.78 is 11.1. The van der Waals surface area contributed by atoms with E-state index in [1.807, 2.05) is 24.3 Å². The summed E-state index contributed by atoms with van der Waals surface area (Å²) in [6, 6.07) is 11.3. The van der Waals surface area contributed by atoms with Crippen molar-refractivity contribution >= 4 is 23.2 Å². The van der Waals surface area contributed by atoms with Crippen LogP contribution in [0.4, 0.5) is 5.69 Å². The summed E-state index contributed by atoms with van der Waals surface area (Å²) in [5, 5.41) is 14.1. The molecule has 3 rings (SSSR count). The smallest absolute Gasteiger partial charge is 0.282 e. The summed E-state index contributed by atoms with van der Waals surface area (Å²) in [5.74, 6) is 0.150. The summed E-state index contributed by atoms with van der Waals surface area (Å²) in [6.07, 6.45) is 0. The SMILES string of the molecule is O=C(NCc1cccc(OCCN2CCOCC2)c1)c1cc(Cl)ccc1[N+](=O)[O-]. The van der Waals surface area contributed by atoms with Crippen molar-refractivity contribution in [3.05, 3.63) is 68.7 Å². The van der Waals surface area contributed by atoms with Gasteiger partial charge in [0.05, 0.1) is 18.1 Å². The number of ether oxygens (including phenoxy) is 2. The molecule has 1 aliphatic heterocycles. The Morgan fingerprint density at radius 1 is 1.24 bits per heavy atom. The van der Waals surface area contributed by atoms with E-state index in [0.29, 0.717) is 12.4 Å². The van der Waals surface area contributed by atoms with Crippen molar-refractivity contribution in [2.75, 3.05) is 39.5 Å². The van der Waals surface area contributed by atoms with Crippen LogP contribution in [0, 0.1) is 10.1 Å². The van der Waals surface area contributed by atoms with Gasteiger partial charge in [-0.15, -0.1) is 0 Å². The van der Waals surface area contributed by atoms with Crippen molar-refractivity contribution in [1.82, 2.24) is 10.2 Å². The first-order chi connectivity index (χ1) is 14.0. The summed E-state index contributed by atoms with van der Waals surface area (Å²) in [7, 11) is 0. The average Bonchev–Trinajstić information content (AvgIpc) is 2.73. The van der Waals surface area contributed by atoms with E-state index in [0.717, 1.165) is 38.4 Å². The number of carbonyl (C=O) groups is 1. The van der Waals surface area contributed by atoms with Gasteiger partial charge in [0.1, 0.15) is 17.9 Å². The van der Waals surface area contributed by atoms with Crippen LogP contribution < -0.4 is 10.1 Å². The maximum absolute atomic E-state index is 12.4. The molecule has 154 valence electrons. The molecule has 2 aromatic rings. The molecule has 0 aromatic heterocycles. The molecule has 1 N–H and O–H groups in total. The maximum atomic E-state index is 12.4. The van der Waals surface area contributed by atoms with Gasteiger partial charge in [0.25, 0.3) is 11.6 Å². The van der Waals surface area contributed by atoms with Crippen LogP contribution in [0.25, 0.3) is 0 Å². The number of benzene rings is 2. The molecule has 1 fully saturated rings. The van der Waals surface area contributed by atoms with Crippen molar-refractivity contribution in [2.24, 2.45) is 0 Å². The highest BCUT2D eigenvalue weighted by Crippen LogP contribution is 2.23. The number of hydrogen-bond donors (Lipinski definition) is 1. The number of nitrogens with one attached hydrogen (secondary N) is 1. The number of rotatable bonds is 8. The van der Waals surface area contributed by atoms with E-state index in [1.54, 1.807) is 0 Å².